The molecule has 0 aliphatic carbocycles. The van der Waals surface area contributed by atoms with Crippen molar-refractivity contribution in [2.75, 3.05) is 30.1 Å². The third kappa shape index (κ3) is 5.88. The van der Waals surface area contributed by atoms with Crippen LogP contribution >= 0.6 is 0 Å². The first-order chi connectivity index (χ1) is 24.2. The summed E-state index contributed by atoms with van der Waals surface area (Å²) in [6.07, 6.45) is 4.96. The number of aryl methyl sites for hydroxylation is 1. The van der Waals surface area contributed by atoms with Gasteiger partial charge in [0.2, 0.25) is 5.91 Å². The SMILES string of the molecule is COc1ccc(C(C)(C)[C@@H]2[C@@H](CCn3cc(CCO)nn3)O[C@]3(C(=O)N(Cc4ccccc4)c4ccc(N5CCCCC5=O)cc43)[C@H]2C)cc1. The quantitative estimate of drug-likeness (QED) is 0.214. The predicted molar refractivity (Wildman–Crippen MR) is 191 cm³/mol. The third-order valence-electron chi connectivity index (χ3n) is 11.2. The predicted octanol–water partition coefficient (Wildman–Crippen LogP) is 5.80. The van der Waals surface area contributed by atoms with Crippen LogP contribution in [0.1, 0.15) is 68.8 Å². The van der Waals surface area contributed by atoms with Crippen LogP contribution in [0.3, 0.4) is 0 Å². The van der Waals surface area contributed by atoms with Crippen LogP contribution in [0.2, 0.25) is 0 Å². The van der Waals surface area contributed by atoms with Gasteiger partial charge in [-0.3, -0.25) is 14.3 Å². The van der Waals surface area contributed by atoms with E-state index in [1.807, 2.05) is 70.6 Å². The maximum atomic E-state index is 15.2. The van der Waals surface area contributed by atoms with E-state index in [1.54, 1.807) is 11.8 Å². The summed E-state index contributed by atoms with van der Waals surface area (Å²) in [5.74, 6) is 0.514. The van der Waals surface area contributed by atoms with Gasteiger partial charge in [-0.25, -0.2) is 0 Å². The van der Waals surface area contributed by atoms with Crippen molar-refractivity contribution in [3.05, 3.63) is 101 Å². The number of benzene rings is 3. The van der Waals surface area contributed by atoms with E-state index in [0.717, 1.165) is 52.4 Å². The number of nitrogens with zero attached hydrogens (tertiary/aromatic N) is 5. The number of aromatic nitrogens is 3. The Labute approximate surface area is 294 Å². The van der Waals surface area contributed by atoms with Crippen LogP contribution in [0.15, 0.2) is 79.0 Å². The molecule has 3 aromatic carbocycles. The molecule has 7 rings (SSSR count). The van der Waals surface area contributed by atoms with Gasteiger partial charge < -0.3 is 24.4 Å². The summed E-state index contributed by atoms with van der Waals surface area (Å²) in [4.78, 5) is 32.1. The number of piperidine rings is 1. The van der Waals surface area contributed by atoms with E-state index in [9.17, 15) is 9.90 Å². The first kappa shape index (κ1) is 33.9. The van der Waals surface area contributed by atoms with Crippen molar-refractivity contribution < 1.29 is 24.2 Å². The van der Waals surface area contributed by atoms with E-state index in [4.69, 9.17) is 9.47 Å². The zero-order valence-electron chi connectivity index (χ0n) is 29.4. The minimum atomic E-state index is -1.26. The number of aliphatic hydroxyl groups excluding tert-OH is 1. The highest BCUT2D eigenvalue weighted by Crippen LogP contribution is 2.60. The molecule has 4 aromatic rings. The minimum absolute atomic E-state index is 0.00854. The molecule has 0 unspecified atom stereocenters. The van der Waals surface area contributed by atoms with Gasteiger partial charge in [0.05, 0.1) is 31.1 Å². The summed E-state index contributed by atoms with van der Waals surface area (Å²) in [7, 11) is 1.67. The molecule has 3 aliphatic heterocycles. The van der Waals surface area contributed by atoms with Crippen LogP contribution in [0.4, 0.5) is 11.4 Å². The Kier molecular flexibility index (Phi) is 9.26. The smallest absolute Gasteiger partial charge is 0.264 e. The molecular formula is C40H47N5O5. The van der Waals surface area contributed by atoms with Crippen LogP contribution in [-0.4, -0.2) is 58.3 Å². The number of methoxy groups -OCH3 is 1. The van der Waals surface area contributed by atoms with Gasteiger partial charge in [-0.15, -0.1) is 5.10 Å². The van der Waals surface area contributed by atoms with Crippen molar-refractivity contribution in [1.82, 2.24) is 15.0 Å². The zero-order chi connectivity index (χ0) is 35.0. The van der Waals surface area contributed by atoms with Gasteiger partial charge in [-0.2, -0.15) is 0 Å². The summed E-state index contributed by atoms with van der Waals surface area (Å²) >= 11 is 0. The number of carbonyl (C=O) groups excluding carboxylic acids is 2. The highest BCUT2D eigenvalue weighted by atomic mass is 16.5. The molecule has 4 heterocycles. The van der Waals surface area contributed by atoms with E-state index in [2.05, 4.69) is 49.3 Å². The van der Waals surface area contributed by atoms with Crippen molar-refractivity contribution >= 4 is 23.2 Å². The highest BCUT2D eigenvalue weighted by Gasteiger charge is 2.66. The topological polar surface area (TPSA) is 110 Å². The largest absolute Gasteiger partial charge is 0.497 e. The van der Waals surface area contributed by atoms with Gasteiger partial charge >= 0.3 is 0 Å². The number of hydrogen-bond acceptors (Lipinski definition) is 7. The molecule has 50 heavy (non-hydrogen) atoms. The molecule has 2 fully saturated rings. The number of rotatable bonds is 11. The summed E-state index contributed by atoms with van der Waals surface area (Å²) in [5.41, 5.74) is 3.69. The maximum absolute atomic E-state index is 15.2. The van der Waals surface area contributed by atoms with Gasteiger partial charge in [0.15, 0.2) is 5.60 Å². The summed E-state index contributed by atoms with van der Waals surface area (Å²) in [6.45, 7) is 8.27. The number of amides is 2. The molecule has 1 aromatic heterocycles. The fourth-order valence-corrected chi connectivity index (χ4v) is 8.68. The molecule has 10 heteroatoms. The maximum Gasteiger partial charge on any atom is 0.264 e. The van der Waals surface area contributed by atoms with E-state index in [1.165, 1.54) is 0 Å². The number of aliphatic hydroxyl groups is 1. The molecule has 1 N–H and O–H groups in total. The molecule has 3 aliphatic rings. The van der Waals surface area contributed by atoms with E-state index < -0.39 is 11.0 Å². The van der Waals surface area contributed by atoms with E-state index >= 15 is 4.79 Å². The lowest BCUT2D eigenvalue weighted by molar-refractivity contribution is -0.146. The fourth-order valence-electron chi connectivity index (χ4n) is 8.68. The summed E-state index contributed by atoms with van der Waals surface area (Å²) in [5, 5.41) is 18.0. The first-order valence-corrected chi connectivity index (χ1v) is 17.8. The Morgan fingerprint density at radius 1 is 1.04 bits per heavy atom. The zero-order valence-corrected chi connectivity index (χ0v) is 29.4. The van der Waals surface area contributed by atoms with Crippen molar-refractivity contribution in [3.63, 3.8) is 0 Å². The molecule has 0 saturated carbocycles. The highest BCUT2D eigenvalue weighted by molar-refractivity contribution is 6.08. The van der Waals surface area contributed by atoms with Gasteiger partial charge in [0.1, 0.15) is 5.75 Å². The molecule has 2 amide bonds. The van der Waals surface area contributed by atoms with Gasteiger partial charge in [0.25, 0.3) is 5.91 Å². The normalized spacial score (nSPS) is 23.6. The van der Waals surface area contributed by atoms with Crippen molar-refractivity contribution in [3.8, 4) is 5.75 Å². The molecule has 2 saturated heterocycles. The van der Waals surface area contributed by atoms with Crippen LogP contribution in [0, 0.1) is 11.8 Å². The second-order valence-corrected chi connectivity index (χ2v) is 14.5. The van der Waals surface area contributed by atoms with E-state index in [0.29, 0.717) is 38.9 Å². The average Bonchev–Trinajstić information content (AvgIpc) is 3.78. The van der Waals surface area contributed by atoms with Crippen molar-refractivity contribution in [2.24, 2.45) is 11.8 Å². The molecule has 0 radical (unpaired) electrons. The number of hydrogen-bond donors (Lipinski definition) is 1. The Hall–Kier alpha value is -4.54. The Morgan fingerprint density at radius 2 is 1.82 bits per heavy atom. The number of carbonyl (C=O) groups is 2. The molecule has 0 bridgehead atoms. The van der Waals surface area contributed by atoms with Crippen LogP contribution in [0.5, 0.6) is 5.75 Å². The molecule has 262 valence electrons. The Morgan fingerprint density at radius 3 is 2.54 bits per heavy atom. The summed E-state index contributed by atoms with van der Waals surface area (Å²) in [6, 6.07) is 24.3. The number of ether oxygens (including phenoxy) is 2. The van der Waals surface area contributed by atoms with Crippen LogP contribution in [-0.2, 0) is 44.9 Å². The number of fused-ring (bicyclic) bond motifs is 2. The van der Waals surface area contributed by atoms with E-state index in [-0.39, 0.29) is 36.4 Å². The lowest BCUT2D eigenvalue weighted by atomic mass is 9.63. The second kappa shape index (κ2) is 13.6. The third-order valence-corrected chi connectivity index (χ3v) is 11.2. The summed E-state index contributed by atoms with van der Waals surface area (Å²) < 4.78 is 14.6. The van der Waals surface area contributed by atoms with Gasteiger partial charge in [0, 0.05) is 61.8 Å². The fraction of sp³-hybridized carbons (Fsp3) is 0.450. The monoisotopic (exact) mass is 677 g/mol. The first-order valence-electron chi connectivity index (χ1n) is 17.8. The second-order valence-electron chi connectivity index (χ2n) is 14.5. The Bertz CT molecular complexity index is 1840. The molecule has 10 nitrogen and oxygen atoms in total. The standard InChI is InChI=1S/C40H47N5O5/c1-27-37(39(2,3)29-13-16-32(49-4)17-14-29)35(19-22-43-26-30(20-23-46)41-42-43)50-40(27)33-24-31(44-21-9-8-12-36(44)47)15-18-34(33)45(38(40)48)25-28-10-6-5-7-11-28/h5-7,10-11,13-18,24,26-27,35,37,46H,8-9,12,19-23,25H2,1-4H3/t27-,35+,37-,40+/m0/s1. The van der Waals surface area contributed by atoms with Crippen LogP contribution in [0.25, 0.3) is 0 Å². The van der Waals surface area contributed by atoms with Gasteiger partial charge in [-0.05, 0) is 66.1 Å². The lowest BCUT2D eigenvalue weighted by Gasteiger charge is -2.39. The number of anilines is 2. The Balaban J connectivity index is 1.33. The van der Waals surface area contributed by atoms with Gasteiger partial charge in [-0.1, -0.05) is 68.4 Å². The molecule has 1 spiro atoms. The minimum Gasteiger partial charge on any atom is -0.497 e. The molecule has 4 atom stereocenters. The van der Waals surface area contributed by atoms with Crippen molar-refractivity contribution in [1.29, 1.82) is 0 Å². The van der Waals surface area contributed by atoms with Crippen molar-refractivity contribution in [2.45, 2.75) is 83.1 Å². The molecular weight excluding hydrogens is 630 g/mol. The average molecular weight is 678 g/mol. The van der Waals surface area contributed by atoms with Crippen LogP contribution < -0.4 is 14.5 Å². The lowest BCUT2D eigenvalue weighted by Crippen LogP contribution is -2.45.